The number of carbonyl (C=O) groups excluding carboxylic acids is 2. The molecule has 1 aliphatic carbocycles. The Hall–Kier alpha value is -3.72. The Morgan fingerprint density at radius 3 is 2.78 bits per heavy atom. The summed E-state index contributed by atoms with van der Waals surface area (Å²) in [5.74, 6) is -0.733. The third-order valence-corrected chi connectivity index (χ3v) is 7.60. The summed E-state index contributed by atoms with van der Waals surface area (Å²) in [6.45, 7) is 4.20. The topological polar surface area (TPSA) is 120 Å². The SMILES string of the molecule is CCCOC(=O)Nc1ccc2nc3c(c4c2c1CCC4)Cn1c-3cc2c(c1=O)COC(=O)[C@]2(O)CC. The number of rotatable bonds is 4. The lowest BCUT2D eigenvalue weighted by molar-refractivity contribution is -0.172. The monoisotopic (exact) mass is 489 g/mol. The Balaban J connectivity index is 1.52. The number of anilines is 1. The van der Waals surface area contributed by atoms with Crippen LogP contribution in [0, 0.1) is 0 Å². The molecule has 2 N–H and O–H groups in total. The van der Waals surface area contributed by atoms with Crippen molar-refractivity contribution in [2.24, 2.45) is 0 Å². The van der Waals surface area contributed by atoms with Crippen LogP contribution < -0.4 is 10.9 Å². The molecule has 9 heteroatoms. The van der Waals surface area contributed by atoms with Crippen LogP contribution in [-0.4, -0.2) is 33.3 Å². The Kier molecular flexibility index (Phi) is 5.15. The number of aliphatic hydroxyl groups is 1. The van der Waals surface area contributed by atoms with Crippen LogP contribution in [0.4, 0.5) is 10.5 Å². The van der Waals surface area contributed by atoms with Gasteiger partial charge in [-0.25, -0.2) is 14.6 Å². The van der Waals surface area contributed by atoms with Crippen LogP contribution >= 0.6 is 0 Å². The van der Waals surface area contributed by atoms with Gasteiger partial charge >= 0.3 is 12.1 Å². The number of carbonyl (C=O) groups is 2. The molecule has 0 bridgehead atoms. The van der Waals surface area contributed by atoms with E-state index in [9.17, 15) is 19.5 Å². The average Bonchev–Trinajstić information content (AvgIpc) is 3.26. The molecule has 1 amide bonds. The number of aromatic nitrogens is 2. The fourth-order valence-corrected chi connectivity index (χ4v) is 5.78. The van der Waals surface area contributed by atoms with Gasteiger partial charge in [-0.15, -0.1) is 0 Å². The molecule has 36 heavy (non-hydrogen) atoms. The smallest absolute Gasteiger partial charge is 0.411 e. The summed E-state index contributed by atoms with van der Waals surface area (Å²) in [6.07, 6.45) is 2.92. The van der Waals surface area contributed by atoms with Crippen molar-refractivity contribution in [1.29, 1.82) is 0 Å². The van der Waals surface area contributed by atoms with Crippen molar-refractivity contribution in [3.63, 3.8) is 0 Å². The van der Waals surface area contributed by atoms with Crippen LogP contribution in [0.25, 0.3) is 22.3 Å². The summed E-state index contributed by atoms with van der Waals surface area (Å²) in [4.78, 5) is 43.1. The van der Waals surface area contributed by atoms with Crippen LogP contribution in [0.15, 0.2) is 23.0 Å². The second-order valence-corrected chi connectivity index (χ2v) is 9.62. The highest BCUT2D eigenvalue weighted by atomic mass is 16.6. The molecule has 9 nitrogen and oxygen atoms in total. The summed E-state index contributed by atoms with van der Waals surface area (Å²) in [7, 11) is 0. The van der Waals surface area contributed by atoms with Gasteiger partial charge in [-0.05, 0) is 61.4 Å². The van der Waals surface area contributed by atoms with Gasteiger partial charge in [0, 0.05) is 22.2 Å². The molecule has 0 unspecified atom stereocenters. The number of aryl methyl sites for hydroxylation is 2. The molecule has 1 aromatic carbocycles. The predicted molar refractivity (Wildman–Crippen MR) is 132 cm³/mol. The Morgan fingerprint density at radius 1 is 1.19 bits per heavy atom. The van der Waals surface area contributed by atoms with E-state index in [1.807, 2.05) is 19.1 Å². The maximum Gasteiger partial charge on any atom is 0.411 e. The molecule has 4 heterocycles. The van der Waals surface area contributed by atoms with E-state index in [2.05, 4.69) is 5.32 Å². The predicted octanol–water partition coefficient (Wildman–Crippen LogP) is 3.53. The zero-order valence-corrected chi connectivity index (χ0v) is 20.3. The van der Waals surface area contributed by atoms with E-state index in [0.29, 0.717) is 35.7 Å². The van der Waals surface area contributed by atoms with E-state index >= 15 is 0 Å². The highest BCUT2D eigenvalue weighted by molar-refractivity contribution is 5.98. The second-order valence-electron chi connectivity index (χ2n) is 9.62. The third kappa shape index (κ3) is 3.12. The van der Waals surface area contributed by atoms with Crippen molar-refractivity contribution < 1.29 is 24.2 Å². The summed E-state index contributed by atoms with van der Waals surface area (Å²) in [6, 6.07) is 5.46. The number of hydrogen-bond donors (Lipinski definition) is 2. The van der Waals surface area contributed by atoms with E-state index in [0.717, 1.165) is 59.0 Å². The molecule has 186 valence electrons. The number of pyridine rings is 2. The van der Waals surface area contributed by atoms with Crippen molar-refractivity contribution >= 4 is 28.7 Å². The zero-order chi connectivity index (χ0) is 25.2. The molecular weight excluding hydrogens is 462 g/mol. The normalized spacial score (nSPS) is 19.4. The highest BCUT2D eigenvalue weighted by Gasteiger charge is 2.45. The molecular formula is C27H27N3O6. The van der Waals surface area contributed by atoms with Gasteiger partial charge in [0.25, 0.3) is 5.56 Å². The van der Waals surface area contributed by atoms with Crippen LogP contribution in [0.1, 0.15) is 60.9 Å². The number of fused-ring (bicyclic) bond motifs is 5. The van der Waals surface area contributed by atoms with E-state index in [1.54, 1.807) is 17.6 Å². The molecule has 0 radical (unpaired) electrons. The molecule has 0 fully saturated rings. The van der Waals surface area contributed by atoms with Crippen LogP contribution in [0.5, 0.6) is 0 Å². The summed E-state index contributed by atoms with van der Waals surface area (Å²) in [5, 5.41) is 15.0. The van der Waals surface area contributed by atoms with E-state index in [4.69, 9.17) is 14.5 Å². The number of esters is 1. The van der Waals surface area contributed by atoms with Gasteiger partial charge in [0.1, 0.15) is 6.61 Å². The number of cyclic esters (lactones) is 1. The van der Waals surface area contributed by atoms with Gasteiger partial charge in [-0.2, -0.15) is 0 Å². The first kappa shape index (κ1) is 22.7. The van der Waals surface area contributed by atoms with Crippen molar-refractivity contribution in [1.82, 2.24) is 9.55 Å². The fourth-order valence-electron chi connectivity index (χ4n) is 5.78. The van der Waals surface area contributed by atoms with Crippen LogP contribution in [0.2, 0.25) is 0 Å². The van der Waals surface area contributed by atoms with Gasteiger partial charge in [-0.1, -0.05) is 13.8 Å². The largest absolute Gasteiger partial charge is 0.458 e. The molecule has 6 rings (SSSR count). The minimum absolute atomic E-state index is 0.102. The van der Waals surface area contributed by atoms with Crippen molar-refractivity contribution in [2.75, 3.05) is 11.9 Å². The summed E-state index contributed by atoms with van der Waals surface area (Å²) in [5.41, 5.74) is 4.44. The Morgan fingerprint density at radius 2 is 2.00 bits per heavy atom. The summed E-state index contributed by atoms with van der Waals surface area (Å²) < 4.78 is 12.0. The number of hydrogen-bond acceptors (Lipinski definition) is 7. The second kappa shape index (κ2) is 8.16. The zero-order valence-electron chi connectivity index (χ0n) is 20.3. The van der Waals surface area contributed by atoms with E-state index < -0.39 is 17.7 Å². The molecule has 1 atom stereocenters. The maximum absolute atomic E-state index is 13.5. The number of nitrogens with zero attached hydrogens (tertiary/aromatic N) is 2. The Bertz CT molecular complexity index is 1520. The molecule has 2 aromatic heterocycles. The first-order valence-corrected chi connectivity index (χ1v) is 12.5. The standard InChI is InChI=1S/C27H27N3O6/c1-3-10-35-26(33)29-19-8-9-20-22-14(6-5-7-15(19)22)16-12-30-21(23(16)28-20)11-18-17(24(30)31)13-36-25(32)27(18,34)4-2/h8-9,11,34H,3-7,10,12-13H2,1-2H3,(H,29,33)/t27-/m0/s1. The minimum atomic E-state index is -1.85. The van der Waals surface area contributed by atoms with E-state index in [-0.39, 0.29) is 18.6 Å². The molecule has 0 saturated heterocycles. The number of benzene rings is 1. The van der Waals surface area contributed by atoms with E-state index in [1.165, 1.54) is 0 Å². The van der Waals surface area contributed by atoms with Gasteiger partial charge in [0.05, 0.1) is 35.6 Å². The average molecular weight is 490 g/mol. The van der Waals surface area contributed by atoms with Gasteiger partial charge in [0.15, 0.2) is 5.60 Å². The molecule has 3 aliphatic rings. The van der Waals surface area contributed by atoms with Crippen molar-refractivity contribution in [3.8, 4) is 11.4 Å². The quantitative estimate of drug-likeness (QED) is 0.421. The minimum Gasteiger partial charge on any atom is -0.458 e. The number of ether oxygens (including phenoxy) is 2. The number of amides is 1. The first-order chi connectivity index (χ1) is 17.4. The Labute approximate surface area is 207 Å². The first-order valence-electron chi connectivity index (χ1n) is 12.5. The van der Waals surface area contributed by atoms with Crippen molar-refractivity contribution in [2.45, 2.75) is 64.7 Å². The van der Waals surface area contributed by atoms with Crippen LogP contribution in [-0.2, 0) is 45.9 Å². The molecule has 0 saturated carbocycles. The maximum atomic E-state index is 13.5. The third-order valence-electron chi connectivity index (χ3n) is 7.60. The van der Waals surface area contributed by atoms with Gasteiger partial charge in [0.2, 0.25) is 0 Å². The van der Waals surface area contributed by atoms with Crippen molar-refractivity contribution in [3.05, 3.63) is 56.4 Å². The summed E-state index contributed by atoms with van der Waals surface area (Å²) >= 11 is 0. The fraction of sp³-hybridized carbons (Fsp3) is 0.407. The molecule has 3 aromatic rings. The lowest BCUT2D eigenvalue weighted by atomic mass is 9.85. The van der Waals surface area contributed by atoms with Crippen LogP contribution in [0.3, 0.4) is 0 Å². The number of nitrogens with one attached hydrogen (secondary N) is 1. The molecule has 2 aliphatic heterocycles. The lowest BCUT2D eigenvalue weighted by Crippen LogP contribution is -2.44. The molecule has 0 spiro atoms. The van der Waals surface area contributed by atoms with Gasteiger partial charge < -0.3 is 19.1 Å². The van der Waals surface area contributed by atoms with Gasteiger partial charge in [-0.3, -0.25) is 10.1 Å². The highest BCUT2D eigenvalue weighted by Crippen LogP contribution is 2.43. The lowest BCUT2D eigenvalue weighted by Gasteiger charge is -2.31.